The molecule has 0 fully saturated rings. The quantitative estimate of drug-likeness (QED) is 0.809. The Hall–Kier alpha value is -2.63. The van der Waals surface area contributed by atoms with Crippen LogP contribution in [0.25, 0.3) is 17.2 Å². The van der Waals surface area contributed by atoms with Crippen LogP contribution in [0.5, 0.6) is 0 Å². The maximum Gasteiger partial charge on any atom is 0.308 e. The van der Waals surface area contributed by atoms with Crippen LogP contribution in [0.4, 0.5) is 0 Å². The lowest BCUT2D eigenvalue weighted by Crippen LogP contribution is -2.30. The van der Waals surface area contributed by atoms with Crippen molar-refractivity contribution in [2.45, 2.75) is 6.92 Å². The van der Waals surface area contributed by atoms with Crippen molar-refractivity contribution >= 4 is 29.1 Å². The second-order valence-electron chi connectivity index (χ2n) is 4.34. The molecule has 0 spiro atoms. The molecule has 1 amide bonds. The third-order valence-electron chi connectivity index (χ3n) is 2.69. The van der Waals surface area contributed by atoms with Crippen molar-refractivity contribution in [3.63, 3.8) is 0 Å². The molecule has 6 heteroatoms. The van der Waals surface area contributed by atoms with Crippen LogP contribution in [-0.4, -0.2) is 28.5 Å². The Bertz CT molecular complexity index is 627. The second-order valence-corrected chi connectivity index (χ2v) is 4.34. The number of amides is 1. The van der Waals surface area contributed by atoms with Gasteiger partial charge in [-0.15, -0.1) is 0 Å². The normalized spacial score (nSPS) is 12.7. The fourth-order valence-electron chi connectivity index (χ4n) is 1.51. The van der Waals surface area contributed by atoms with E-state index in [0.29, 0.717) is 17.0 Å². The van der Waals surface area contributed by atoms with Crippen molar-refractivity contribution in [1.29, 1.82) is 0 Å². The van der Waals surface area contributed by atoms with Crippen LogP contribution in [0, 0.1) is 5.92 Å². The van der Waals surface area contributed by atoms with Gasteiger partial charge in [-0.3, -0.25) is 9.59 Å². The van der Waals surface area contributed by atoms with Crippen LogP contribution < -0.4 is 5.32 Å². The predicted molar refractivity (Wildman–Crippen MR) is 72.9 cm³/mol. The molecule has 2 N–H and O–H groups in total. The van der Waals surface area contributed by atoms with Crippen LogP contribution in [0.2, 0.25) is 0 Å². The van der Waals surface area contributed by atoms with Gasteiger partial charge in [0.1, 0.15) is 5.52 Å². The molecule has 1 heterocycles. The van der Waals surface area contributed by atoms with Crippen molar-refractivity contribution in [3.05, 3.63) is 36.2 Å². The van der Waals surface area contributed by atoms with Crippen LogP contribution in [-0.2, 0) is 9.59 Å². The predicted octanol–water partition coefficient (Wildman–Crippen LogP) is 1.68. The van der Waals surface area contributed by atoms with Crippen molar-refractivity contribution in [2.75, 3.05) is 6.54 Å². The number of carboxylic acids is 1. The molecule has 0 saturated heterocycles. The number of carbonyl (C=O) groups is 2. The number of carbonyl (C=O) groups excluding carboxylic acids is 1. The Labute approximate surface area is 115 Å². The first-order chi connectivity index (χ1) is 9.56. The highest BCUT2D eigenvalue weighted by Gasteiger charge is 2.11. The van der Waals surface area contributed by atoms with Crippen molar-refractivity contribution < 1.29 is 19.1 Å². The van der Waals surface area contributed by atoms with Crippen molar-refractivity contribution in [1.82, 2.24) is 10.3 Å². The Balaban J connectivity index is 1.95. The number of hydrogen-bond donors (Lipinski definition) is 2. The van der Waals surface area contributed by atoms with E-state index in [2.05, 4.69) is 10.3 Å². The van der Waals surface area contributed by atoms with E-state index >= 15 is 0 Å². The Kier molecular flexibility index (Phi) is 4.14. The molecule has 2 rings (SSSR count). The van der Waals surface area contributed by atoms with Gasteiger partial charge in [0.2, 0.25) is 11.8 Å². The summed E-state index contributed by atoms with van der Waals surface area (Å²) in [5.41, 5.74) is 1.36. The average molecular weight is 274 g/mol. The molecule has 1 unspecified atom stereocenters. The van der Waals surface area contributed by atoms with Crippen molar-refractivity contribution in [2.24, 2.45) is 5.92 Å². The summed E-state index contributed by atoms with van der Waals surface area (Å²) in [6.45, 7) is 1.60. The fourth-order valence-corrected chi connectivity index (χ4v) is 1.51. The molecule has 2 aromatic rings. The molecule has 6 nitrogen and oxygen atoms in total. The molecule has 0 saturated carbocycles. The lowest BCUT2D eigenvalue weighted by Gasteiger charge is -2.05. The van der Waals surface area contributed by atoms with E-state index in [1.807, 2.05) is 18.2 Å². The monoisotopic (exact) mass is 274 g/mol. The number of oxazole rings is 1. The molecule has 104 valence electrons. The molecule has 1 aromatic heterocycles. The third kappa shape index (κ3) is 3.44. The second kappa shape index (κ2) is 6.01. The molecule has 20 heavy (non-hydrogen) atoms. The number of fused-ring (bicyclic) bond motifs is 1. The Morgan fingerprint density at radius 3 is 2.90 bits per heavy atom. The summed E-state index contributed by atoms with van der Waals surface area (Å²) in [5.74, 6) is -1.64. The van der Waals surface area contributed by atoms with Gasteiger partial charge in [0.25, 0.3) is 0 Å². The zero-order chi connectivity index (χ0) is 14.5. The summed E-state index contributed by atoms with van der Waals surface area (Å²) in [4.78, 5) is 26.3. The maximum atomic E-state index is 11.5. The first-order valence-electron chi connectivity index (χ1n) is 6.10. The number of nitrogens with zero attached hydrogens (tertiary/aromatic N) is 1. The molecule has 0 aliphatic rings. The van der Waals surface area contributed by atoms with E-state index in [-0.39, 0.29) is 12.5 Å². The summed E-state index contributed by atoms with van der Waals surface area (Å²) < 4.78 is 5.41. The summed E-state index contributed by atoms with van der Waals surface area (Å²) >= 11 is 0. The van der Waals surface area contributed by atoms with Gasteiger partial charge in [-0.2, -0.15) is 0 Å². The Morgan fingerprint density at radius 2 is 2.20 bits per heavy atom. The minimum Gasteiger partial charge on any atom is -0.481 e. The van der Waals surface area contributed by atoms with Crippen LogP contribution >= 0.6 is 0 Å². The topological polar surface area (TPSA) is 92.4 Å². The van der Waals surface area contributed by atoms with Gasteiger partial charge >= 0.3 is 5.97 Å². The summed E-state index contributed by atoms with van der Waals surface area (Å²) in [7, 11) is 0. The highest BCUT2D eigenvalue weighted by Crippen LogP contribution is 2.15. The lowest BCUT2D eigenvalue weighted by molar-refractivity contribution is -0.141. The van der Waals surface area contributed by atoms with Gasteiger partial charge in [-0.25, -0.2) is 4.98 Å². The first-order valence-corrected chi connectivity index (χ1v) is 6.10. The summed E-state index contributed by atoms with van der Waals surface area (Å²) in [6.07, 6.45) is 2.71. The van der Waals surface area contributed by atoms with E-state index in [4.69, 9.17) is 9.52 Å². The number of rotatable bonds is 5. The molecular formula is C14H14N2O4. The number of aromatic nitrogens is 1. The first kappa shape index (κ1) is 13.8. The lowest BCUT2D eigenvalue weighted by atomic mass is 10.2. The zero-order valence-electron chi connectivity index (χ0n) is 10.9. The van der Waals surface area contributed by atoms with Crippen LogP contribution in [0.3, 0.4) is 0 Å². The number of hydrogen-bond acceptors (Lipinski definition) is 4. The number of benzene rings is 1. The standard InChI is InChI=1S/C14H14N2O4/c1-9(14(18)19)8-15-12(17)6-7-13-16-10-4-2-3-5-11(10)20-13/h2-7,9H,8H2,1H3,(H,15,17)(H,18,19). The fraction of sp³-hybridized carbons (Fsp3) is 0.214. The summed E-state index contributed by atoms with van der Waals surface area (Å²) in [6, 6.07) is 7.28. The molecule has 1 atom stereocenters. The van der Waals surface area contributed by atoms with Gasteiger partial charge in [0.15, 0.2) is 5.58 Å². The molecule has 1 aromatic carbocycles. The van der Waals surface area contributed by atoms with E-state index < -0.39 is 11.9 Å². The largest absolute Gasteiger partial charge is 0.481 e. The van der Waals surface area contributed by atoms with Gasteiger partial charge in [0.05, 0.1) is 5.92 Å². The summed E-state index contributed by atoms with van der Waals surface area (Å²) in [5, 5.41) is 11.2. The average Bonchev–Trinajstić information content (AvgIpc) is 2.85. The third-order valence-corrected chi connectivity index (χ3v) is 2.69. The minimum absolute atomic E-state index is 0.0755. The number of para-hydroxylation sites is 2. The highest BCUT2D eigenvalue weighted by atomic mass is 16.4. The van der Waals surface area contributed by atoms with E-state index in [1.54, 1.807) is 6.07 Å². The molecule has 0 aliphatic carbocycles. The van der Waals surface area contributed by atoms with E-state index in [0.717, 1.165) is 0 Å². The smallest absolute Gasteiger partial charge is 0.308 e. The van der Waals surface area contributed by atoms with Crippen LogP contribution in [0.1, 0.15) is 12.8 Å². The van der Waals surface area contributed by atoms with Gasteiger partial charge in [-0.05, 0) is 12.1 Å². The highest BCUT2D eigenvalue weighted by molar-refractivity contribution is 5.91. The Morgan fingerprint density at radius 1 is 1.45 bits per heavy atom. The molecule has 0 aliphatic heterocycles. The van der Waals surface area contributed by atoms with E-state index in [9.17, 15) is 9.59 Å². The molecular weight excluding hydrogens is 260 g/mol. The number of aliphatic carboxylic acids is 1. The van der Waals surface area contributed by atoms with Crippen molar-refractivity contribution in [3.8, 4) is 0 Å². The minimum atomic E-state index is -0.951. The number of nitrogens with one attached hydrogen (secondary N) is 1. The van der Waals surface area contributed by atoms with Gasteiger partial charge in [0, 0.05) is 18.7 Å². The van der Waals surface area contributed by atoms with Crippen LogP contribution in [0.15, 0.2) is 34.8 Å². The van der Waals surface area contributed by atoms with Gasteiger partial charge in [-0.1, -0.05) is 19.1 Å². The maximum absolute atomic E-state index is 11.5. The van der Waals surface area contributed by atoms with E-state index in [1.165, 1.54) is 19.1 Å². The number of carboxylic acid groups (broad SMARTS) is 1. The SMILES string of the molecule is CC(CNC(=O)C=Cc1nc2ccccc2o1)C(=O)O. The molecule has 0 radical (unpaired) electrons. The molecule has 0 bridgehead atoms. The zero-order valence-corrected chi connectivity index (χ0v) is 10.9. The van der Waals surface area contributed by atoms with Gasteiger partial charge < -0.3 is 14.8 Å².